The van der Waals surface area contributed by atoms with Crippen LogP contribution >= 0.6 is 0 Å². The predicted molar refractivity (Wildman–Crippen MR) is 85.8 cm³/mol. The summed E-state index contributed by atoms with van der Waals surface area (Å²) >= 11 is 0. The highest BCUT2D eigenvalue weighted by Gasteiger charge is 2.38. The van der Waals surface area contributed by atoms with Crippen LogP contribution in [0.4, 0.5) is 5.82 Å². The summed E-state index contributed by atoms with van der Waals surface area (Å²) in [4.78, 5) is 7.03. The number of ether oxygens (including phenoxy) is 1. The molecule has 0 aliphatic carbocycles. The van der Waals surface area contributed by atoms with Gasteiger partial charge in [0.25, 0.3) is 0 Å². The molecule has 0 radical (unpaired) electrons. The van der Waals surface area contributed by atoms with E-state index in [1.165, 1.54) is 25.7 Å². The third-order valence-corrected chi connectivity index (χ3v) is 4.89. The number of piperidine rings is 1. The molecular weight excluding hydrogens is 262 g/mol. The summed E-state index contributed by atoms with van der Waals surface area (Å²) < 4.78 is 5.82. The van der Waals surface area contributed by atoms with Crippen LogP contribution in [0.2, 0.25) is 0 Å². The average Bonchev–Trinajstić information content (AvgIpc) is 2.68. The molecule has 2 fully saturated rings. The van der Waals surface area contributed by atoms with Crippen molar-refractivity contribution in [3.63, 3.8) is 0 Å². The van der Waals surface area contributed by atoms with Gasteiger partial charge in [-0.2, -0.15) is 0 Å². The lowest BCUT2D eigenvalue weighted by molar-refractivity contribution is 0.139. The van der Waals surface area contributed by atoms with Crippen molar-refractivity contribution in [2.45, 2.75) is 57.7 Å². The Labute approximate surface area is 127 Å². The van der Waals surface area contributed by atoms with Crippen molar-refractivity contribution in [2.24, 2.45) is 5.92 Å². The second-order valence-corrected chi connectivity index (χ2v) is 6.79. The lowest BCUT2D eigenvalue weighted by Gasteiger charge is -2.36. The molecule has 116 valence electrons. The third kappa shape index (κ3) is 3.31. The molecule has 4 heteroatoms. The van der Waals surface area contributed by atoms with Gasteiger partial charge in [0.15, 0.2) is 11.6 Å². The molecule has 0 saturated carbocycles. The van der Waals surface area contributed by atoms with Crippen molar-refractivity contribution < 1.29 is 4.74 Å². The molecule has 2 atom stereocenters. The van der Waals surface area contributed by atoms with Crippen LogP contribution in [-0.2, 0) is 0 Å². The van der Waals surface area contributed by atoms with Crippen LogP contribution in [0, 0.1) is 5.92 Å². The molecule has 21 heavy (non-hydrogen) atoms. The van der Waals surface area contributed by atoms with Crippen LogP contribution in [0.25, 0.3) is 0 Å². The minimum atomic E-state index is 0.175. The van der Waals surface area contributed by atoms with Crippen LogP contribution in [0.15, 0.2) is 18.3 Å². The quantitative estimate of drug-likeness (QED) is 0.903. The fourth-order valence-electron chi connectivity index (χ4n) is 3.80. The van der Waals surface area contributed by atoms with Gasteiger partial charge in [-0.1, -0.05) is 0 Å². The molecule has 1 aromatic rings. The lowest BCUT2D eigenvalue weighted by atomic mass is 9.91. The van der Waals surface area contributed by atoms with Crippen molar-refractivity contribution in [2.75, 3.05) is 18.9 Å². The first-order valence-corrected chi connectivity index (χ1v) is 8.21. The van der Waals surface area contributed by atoms with Gasteiger partial charge in [0.05, 0.1) is 6.10 Å². The number of hydrogen-bond donors (Lipinski definition) is 1. The Bertz CT molecular complexity index is 463. The van der Waals surface area contributed by atoms with Crippen LogP contribution < -0.4 is 10.1 Å². The number of nitrogens with one attached hydrogen (secondary N) is 1. The smallest absolute Gasteiger partial charge is 0.168 e. The first-order chi connectivity index (χ1) is 10.1. The summed E-state index contributed by atoms with van der Waals surface area (Å²) in [5, 5.41) is 3.52. The molecule has 0 spiro atoms. The molecular formula is C17H27N3O. The molecule has 3 heterocycles. The molecule has 1 aromatic heterocycles. The third-order valence-electron chi connectivity index (χ3n) is 4.89. The minimum Gasteiger partial charge on any atom is -0.487 e. The van der Waals surface area contributed by atoms with E-state index in [2.05, 4.69) is 22.2 Å². The zero-order chi connectivity index (χ0) is 14.8. The van der Waals surface area contributed by atoms with Gasteiger partial charge in [0.2, 0.25) is 0 Å². The Balaban J connectivity index is 1.58. The van der Waals surface area contributed by atoms with E-state index >= 15 is 0 Å². The maximum atomic E-state index is 5.82. The maximum absolute atomic E-state index is 5.82. The summed E-state index contributed by atoms with van der Waals surface area (Å²) in [5.74, 6) is 2.51. The van der Waals surface area contributed by atoms with E-state index in [-0.39, 0.29) is 6.10 Å². The fourth-order valence-corrected chi connectivity index (χ4v) is 3.80. The van der Waals surface area contributed by atoms with E-state index in [1.54, 1.807) is 0 Å². The second kappa shape index (κ2) is 6.22. The highest BCUT2D eigenvalue weighted by molar-refractivity contribution is 5.49. The summed E-state index contributed by atoms with van der Waals surface area (Å²) in [6, 6.07) is 5.52. The first kappa shape index (κ1) is 14.6. The van der Waals surface area contributed by atoms with Crippen molar-refractivity contribution in [3.05, 3.63) is 18.3 Å². The van der Waals surface area contributed by atoms with Gasteiger partial charge in [-0.25, -0.2) is 4.98 Å². The van der Waals surface area contributed by atoms with Gasteiger partial charge in [-0.15, -0.1) is 0 Å². The van der Waals surface area contributed by atoms with Gasteiger partial charge in [0.1, 0.15) is 0 Å². The molecule has 2 aliphatic heterocycles. The van der Waals surface area contributed by atoms with E-state index in [4.69, 9.17) is 4.74 Å². The van der Waals surface area contributed by atoms with Gasteiger partial charge in [0, 0.05) is 24.8 Å². The normalized spacial score (nSPS) is 28.9. The van der Waals surface area contributed by atoms with Crippen molar-refractivity contribution in [3.8, 4) is 5.75 Å². The second-order valence-electron chi connectivity index (χ2n) is 6.79. The molecule has 1 N–H and O–H groups in total. The molecule has 2 aliphatic rings. The molecule has 2 saturated heterocycles. The Morgan fingerprint density at radius 1 is 1.33 bits per heavy atom. The Hall–Kier alpha value is -1.29. The molecule has 0 amide bonds. The molecule has 2 unspecified atom stereocenters. The van der Waals surface area contributed by atoms with Crippen molar-refractivity contribution in [1.82, 2.24) is 9.88 Å². The number of hydrogen-bond acceptors (Lipinski definition) is 4. The van der Waals surface area contributed by atoms with Crippen molar-refractivity contribution >= 4 is 5.82 Å². The highest BCUT2D eigenvalue weighted by Crippen LogP contribution is 2.37. The standard InChI is InChI=1S/C17H27N3O/c1-12(2)21-16-5-4-8-18-17(16)19-11-13-9-14-6-7-15(10-13)20(14)3/h4-5,8,12-15H,6-7,9-11H2,1-3H3,(H,18,19). The van der Waals surface area contributed by atoms with E-state index in [0.29, 0.717) is 0 Å². The van der Waals surface area contributed by atoms with Crippen LogP contribution in [-0.4, -0.2) is 41.7 Å². The Kier molecular flexibility index (Phi) is 4.34. The number of anilines is 1. The largest absolute Gasteiger partial charge is 0.487 e. The Morgan fingerprint density at radius 2 is 2.05 bits per heavy atom. The molecule has 0 aromatic carbocycles. The summed E-state index contributed by atoms with van der Waals surface area (Å²) in [6.07, 6.45) is 7.38. The topological polar surface area (TPSA) is 37.4 Å². The number of nitrogens with zero attached hydrogens (tertiary/aromatic N) is 2. The fraction of sp³-hybridized carbons (Fsp3) is 0.706. The molecule has 3 rings (SSSR count). The lowest BCUT2D eigenvalue weighted by Crippen LogP contribution is -2.41. The maximum Gasteiger partial charge on any atom is 0.168 e. The van der Waals surface area contributed by atoms with Gasteiger partial charge in [-0.3, -0.25) is 0 Å². The SMILES string of the molecule is CC(C)Oc1cccnc1NCC1CC2CCC(C1)N2C. The predicted octanol–water partition coefficient (Wildman–Crippen LogP) is 3.15. The van der Waals surface area contributed by atoms with E-state index in [9.17, 15) is 0 Å². The van der Waals surface area contributed by atoms with E-state index in [1.807, 2.05) is 32.2 Å². The average molecular weight is 289 g/mol. The molecule has 4 nitrogen and oxygen atoms in total. The number of aromatic nitrogens is 1. The zero-order valence-corrected chi connectivity index (χ0v) is 13.4. The number of pyridine rings is 1. The van der Waals surface area contributed by atoms with Crippen molar-refractivity contribution in [1.29, 1.82) is 0 Å². The highest BCUT2D eigenvalue weighted by atomic mass is 16.5. The van der Waals surface area contributed by atoms with E-state index < -0.39 is 0 Å². The zero-order valence-electron chi connectivity index (χ0n) is 13.4. The van der Waals surface area contributed by atoms with E-state index in [0.717, 1.165) is 36.1 Å². The van der Waals surface area contributed by atoms with Crippen LogP contribution in [0.3, 0.4) is 0 Å². The number of fused-ring (bicyclic) bond motifs is 2. The number of rotatable bonds is 5. The Morgan fingerprint density at radius 3 is 2.71 bits per heavy atom. The summed E-state index contributed by atoms with van der Waals surface area (Å²) in [6.45, 7) is 5.10. The summed E-state index contributed by atoms with van der Waals surface area (Å²) in [5.41, 5.74) is 0. The van der Waals surface area contributed by atoms with Gasteiger partial charge in [-0.05, 0) is 64.6 Å². The van der Waals surface area contributed by atoms with Gasteiger partial charge >= 0.3 is 0 Å². The summed E-state index contributed by atoms with van der Waals surface area (Å²) in [7, 11) is 2.29. The first-order valence-electron chi connectivity index (χ1n) is 8.21. The molecule has 2 bridgehead atoms. The van der Waals surface area contributed by atoms with Gasteiger partial charge < -0.3 is 15.0 Å². The minimum absolute atomic E-state index is 0.175. The van der Waals surface area contributed by atoms with Crippen LogP contribution in [0.5, 0.6) is 5.75 Å². The van der Waals surface area contributed by atoms with Crippen LogP contribution in [0.1, 0.15) is 39.5 Å². The monoisotopic (exact) mass is 289 g/mol.